The van der Waals surface area contributed by atoms with Crippen LogP contribution in [0, 0.1) is 11.6 Å². The number of nitrogens with one attached hydrogen (secondary N) is 1. The number of benzene rings is 1. The second-order valence-electron chi connectivity index (χ2n) is 4.98. The van der Waals surface area contributed by atoms with E-state index >= 15 is 0 Å². The number of methoxy groups -OCH3 is 1. The van der Waals surface area contributed by atoms with E-state index in [-0.39, 0.29) is 11.3 Å². The maximum Gasteiger partial charge on any atom is 0.340 e. The van der Waals surface area contributed by atoms with Crippen LogP contribution in [0.1, 0.15) is 20.8 Å². The minimum absolute atomic E-state index is 0.159. The van der Waals surface area contributed by atoms with Crippen molar-refractivity contribution in [2.24, 2.45) is 0 Å². The fraction of sp³-hybridized carbons (Fsp3) is 0.0625. The summed E-state index contributed by atoms with van der Waals surface area (Å²) in [6, 6.07) is 4.60. The second kappa shape index (κ2) is 7.05. The molecule has 132 valence electrons. The van der Waals surface area contributed by atoms with Crippen LogP contribution in [0.15, 0.2) is 43.0 Å². The second-order valence-corrected chi connectivity index (χ2v) is 4.98. The molecule has 8 nitrogen and oxygen atoms in total. The third-order valence-electron chi connectivity index (χ3n) is 3.39. The summed E-state index contributed by atoms with van der Waals surface area (Å²) in [5.41, 5.74) is -1.13. The molecule has 10 heteroatoms. The molecule has 0 atom stereocenters. The first-order valence-electron chi connectivity index (χ1n) is 7.21. The smallest absolute Gasteiger partial charge is 0.340 e. The largest absolute Gasteiger partial charge is 0.465 e. The van der Waals surface area contributed by atoms with Crippen molar-refractivity contribution in [3.8, 4) is 5.82 Å². The Bertz CT molecular complexity index is 959. The summed E-state index contributed by atoms with van der Waals surface area (Å²) in [6.07, 6.45) is 4.67. The zero-order valence-electron chi connectivity index (χ0n) is 13.3. The highest BCUT2D eigenvalue weighted by Gasteiger charge is 2.22. The Morgan fingerprint density at radius 2 is 1.96 bits per heavy atom. The topological polar surface area (TPSA) is 99.0 Å². The van der Waals surface area contributed by atoms with Gasteiger partial charge in [-0.05, 0) is 24.3 Å². The van der Waals surface area contributed by atoms with Gasteiger partial charge in [-0.1, -0.05) is 0 Å². The lowest BCUT2D eigenvalue weighted by molar-refractivity contribution is 0.0601. The summed E-state index contributed by atoms with van der Waals surface area (Å²) in [7, 11) is 1.08. The van der Waals surface area contributed by atoms with Crippen molar-refractivity contribution in [1.82, 2.24) is 19.7 Å². The van der Waals surface area contributed by atoms with Gasteiger partial charge in [0.2, 0.25) is 0 Å². The molecular formula is C16H11F2N5O3. The van der Waals surface area contributed by atoms with Crippen molar-refractivity contribution in [3.63, 3.8) is 0 Å². The van der Waals surface area contributed by atoms with E-state index in [1.807, 2.05) is 0 Å². The van der Waals surface area contributed by atoms with Crippen LogP contribution >= 0.6 is 0 Å². The van der Waals surface area contributed by atoms with Gasteiger partial charge in [0.15, 0.2) is 23.1 Å². The number of hydrogen-bond donors (Lipinski definition) is 1. The van der Waals surface area contributed by atoms with Gasteiger partial charge in [-0.25, -0.2) is 18.6 Å². The van der Waals surface area contributed by atoms with Crippen molar-refractivity contribution in [2.75, 3.05) is 12.4 Å². The van der Waals surface area contributed by atoms with Crippen molar-refractivity contribution < 1.29 is 23.1 Å². The fourth-order valence-corrected chi connectivity index (χ4v) is 2.11. The number of aromatic nitrogens is 4. The number of hydrogen-bond acceptors (Lipinski definition) is 6. The minimum atomic E-state index is -1.38. The average Bonchev–Trinajstić information content (AvgIpc) is 3.20. The number of rotatable bonds is 4. The zero-order valence-corrected chi connectivity index (χ0v) is 13.3. The Morgan fingerprint density at radius 1 is 1.15 bits per heavy atom. The molecule has 1 N–H and O–H groups in total. The van der Waals surface area contributed by atoms with Crippen LogP contribution in [0.5, 0.6) is 0 Å². The monoisotopic (exact) mass is 359 g/mol. The van der Waals surface area contributed by atoms with Gasteiger partial charge >= 0.3 is 5.97 Å². The summed E-state index contributed by atoms with van der Waals surface area (Å²) in [6.45, 7) is 0. The molecule has 0 unspecified atom stereocenters. The first kappa shape index (κ1) is 17.1. The molecule has 0 saturated carbocycles. The van der Waals surface area contributed by atoms with Gasteiger partial charge in [0.1, 0.15) is 6.33 Å². The number of imidazole rings is 1. The van der Waals surface area contributed by atoms with E-state index in [9.17, 15) is 18.4 Å². The zero-order chi connectivity index (χ0) is 18.7. The molecule has 3 aromatic rings. The summed E-state index contributed by atoms with van der Waals surface area (Å²) >= 11 is 0. The van der Waals surface area contributed by atoms with Crippen LogP contribution < -0.4 is 5.32 Å². The number of carbonyl (C=O) groups is 2. The number of halogens is 2. The van der Waals surface area contributed by atoms with Gasteiger partial charge in [-0.15, -0.1) is 10.2 Å². The number of amides is 1. The molecule has 0 bridgehead atoms. The van der Waals surface area contributed by atoms with E-state index in [2.05, 4.69) is 25.2 Å². The highest BCUT2D eigenvalue weighted by molar-refractivity contribution is 6.07. The third-order valence-corrected chi connectivity index (χ3v) is 3.39. The van der Waals surface area contributed by atoms with E-state index in [0.29, 0.717) is 5.82 Å². The van der Waals surface area contributed by atoms with Crippen molar-refractivity contribution >= 4 is 17.6 Å². The number of carbonyl (C=O) groups excluding carboxylic acids is 2. The summed E-state index contributed by atoms with van der Waals surface area (Å²) in [4.78, 5) is 27.8. The molecule has 0 fully saturated rings. The average molecular weight is 359 g/mol. The Kier molecular flexibility index (Phi) is 4.65. The fourth-order valence-electron chi connectivity index (χ4n) is 2.11. The number of esters is 1. The highest BCUT2D eigenvalue weighted by Crippen LogP contribution is 2.24. The molecule has 26 heavy (non-hydrogen) atoms. The number of nitrogens with zero attached hydrogens (tertiary/aromatic N) is 4. The SMILES string of the molecule is COC(=O)c1ccc(F)c(F)c1NC(=O)c1ccc(-n2ccnc2)nn1. The minimum Gasteiger partial charge on any atom is -0.465 e. The van der Waals surface area contributed by atoms with Crippen LogP contribution in [0.3, 0.4) is 0 Å². The van der Waals surface area contributed by atoms with Gasteiger partial charge in [0.05, 0.1) is 18.4 Å². The van der Waals surface area contributed by atoms with E-state index in [4.69, 9.17) is 0 Å². The summed E-state index contributed by atoms with van der Waals surface area (Å²) < 4.78 is 33.6. The number of ether oxygens (including phenoxy) is 1. The van der Waals surface area contributed by atoms with Crippen LogP contribution in [0.25, 0.3) is 5.82 Å². The Morgan fingerprint density at radius 3 is 2.58 bits per heavy atom. The maximum atomic E-state index is 14.0. The van der Waals surface area contributed by atoms with Crippen molar-refractivity contribution in [3.05, 3.63) is 65.9 Å². The highest BCUT2D eigenvalue weighted by atomic mass is 19.2. The lowest BCUT2D eigenvalue weighted by Gasteiger charge is -2.11. The molecule has 0 spiro atoms. The lowest BCUT2D eigenvalue weighted by atomic mass is 10.1. The Hall–Kier alpha value is -3.69. The Labute approximate surface area is 145 Å². The summed E-state index contributed by atoms with van der Waals surface area (Å²) in [5, 5.41) is 9.71. The quantitative estimate of drug-likeness (QED) is 0.715. The van der Waals surface area contributed by atoms with E-state index < -0.39 is 29.2 Å². The van der Waals surface area contributed by atoms with Crippen LogP contribution in [-0.4, -0.2) is 38.7 Å². The molecule has 0 aliphatic carbocycles. The molecule has 0 saturated heterocycles. The van der Waals surface area contributed by atoms with E-state index in [1.165, 1.54) is 18.5 Å². The maximum absolute atomic E-state index is 14.0. The van der Waals surface area contributed by atoms with Crippen molar-refractivity contribution in [2.45, 2.75) is 0 Å². The van der Waals surface area contributed by atoms with E-state index in [1.54, 1.807) is 17.0 Å². The van der Waals surface area contributed by atoms with Gasteiger partial charge in [-0.3, -0.25) is 9.36 Å². The number of anilines is 1. The van der Waals surface area contributed by atoms with Crippen molar-refractivity contribution in [1.29, 1.82) is 0 Å². The summed E-state index contributed by atoms with van der Waals surface area (Å²) in [5.74, 6) is -4.00. The van der Waals surface area contributed by atoms with Crippen LogP contribution in [0.4, 0.5) is 14.5 Å². The predicted octanol–water partition coefficient (Wildman–Crippen LogP) is 1.98. The Balaban J connectivity index is 1.88. The molecule has 2 aromatic heterocycles. The predicted molar refractivity (Wildman–Crippen MR) is 84.8 cm³/mol. The van der Waals surface area contributed by atoms with Crippen LogP contribution in [-0.2, 0) is 4.74 Å². The van der Waals surface area contributed by atoms with Gasteiger partial charge in [-0.2, -0.15) is 0 Å². The molecule has 0 aliphatic heterocycles. The molecular weight excluding hydrogens is 348 g/mol. The van der Waals surface area contributed by atoms with E-state index in [0.717, 1.165) is 19.2 Å². The standard InChI is InChI=1S/C16H11F2N5O3/c1-26-16(25)9-2-3-10(17)13(18)14(9)20-15(24)11-4-5-12(22-21-11)23-7-6-19-8-23/h2-8H,1H3,(H,20,24). The first-order chi connectivity index (χ1) is 12.5. The normalized spacial score (nSPS) is 10.4. The molecule has 3 rings (SSSR count). The molecule has 0 aliphatic rings. The van der Waals surface area contributed by atoms with Gasteiger partial charge in [0, 0.05) is 12.4 Å². The molecule has 0 radical (unpaired) electrons. The van der Waals surface area contributed by atoms with Gasteiger partial charge < -0.3 is 10.1 Å². The lowest BCUT2D eigenvalue weighted by Crippen LogP contribution is -2.19. The molecule has 2 heterocycles. The van der Waals surface area contributed by atoms with Crippen LogP contribution in [0.2, 0.25) is 0 Å². The third kappa shape index (κ3) is 3.24. The molecule has 1 amide bonds. The first-order valence-corrected chi connectivity index (χ1v) is 7.21. The molecule has 1 aromatic carbocycles. The van der Waals surface area contributed by atoms with Gasteiger partial charge in [0.25, 0.3) is 5.91 Å².